The third-order valence-electron chi connectivity index (χ3n) is 5.83. The minimum Gasteiger partial charge on any atom is -0.395 e. The molecule has 4 rings (SSSR count). The van der Waals surface area contributed by atoms with Crippen molar-refractivity contribution in [3.8, 4) is 17.2 Å². The second-order valence-electron chi connectivity index (χ2n) is 8.25. The minimum atomic E-state index is -0.352. The van der Waals surface area contributed by atoms with Gasteiger partial charge in [-0.1, -0.05) is 12.1 Å². The van der Waals surface area contributed by atoms with E-state index in [-0.39, 0.29) is 48.4 Å². The van der Waals surface area contributed by atoms with Crippen LogP contribution in [-0.4, -0.2) is 51.1 Å². The van der Waals surface area contributed by atoms with Crippen LogP contribution < -0.4 is 15.5 Å². The van der Waals surface area contributed by atoms with E-state index in [0.717, 1.165) is 22.4 Å². The van der Waals surface area contributed by atoms with Crippen molar-refractivity contribution in [3.05, 3.63) is 65.9 Å². The van der Waals surface area contributed by atoms with Gasteiger partial charge in [0.1, 0.15) is 17.6 Å². The highest BCUT2D eigenvalue weighted by Gasteiger charge is 2.33. The van der Waals surface area contributed by atoms with Gasteiger partial charge in [-0.2, -0.15) is 5.26 Å². The zero-order valence-corrected chi connectivity index (χ0v) is 19.4. The molecule has 2 amide bonds. The van der Waals surface area contributed by atoms with Crippen molar-refractivity contribution in [1.29, 1.82) is 5.26 Å². The number of aromatic nitrogens is 3. The van der Waals surface area contributed by atoms with Crippen LogP contribution in [0.5, 0.6) is 0 Å². The second-order valence-corrected chi connectivity index (χ2v) is 8.25. The Kier molecular flexibility index (Phi) is 6.98. The quantitative estimate of drug-likeness (QED) is 0.497. The number of anilines is 2. The molecule has 3 heterocycles. The van der Waals surface area contributed by atoms with Crippen molar-refractivity contribution in [1.82, 2.24) is 20.3 Å². The highest BCUT2D eigenvalue weighted by molar-refractivity contribution is 5.94. The number of hydrogen-bond acceptors (Lipinski definition) is 8. The molecule has 0 saturated carbocycles. The normalized spacial score (nSPS) is 16.7. The van der Waals surface area contributed by atoms with Crippen LogP contribution in [0.25, 0.3) is 11.1 Å². The molecule has 3 N–H and O–H groups in total. The molecule has 1 aromatic carbocycles. The summed E-state index contributed by atoms with van der Waals surface area (Å²) in [6.45, 7) is 3.58. The highest BCUT2D eigenvalue weighted by Crippen LogP contribution is 2.40. The molecule has 35 heavy (non-hydrogen) atoms. The van der Waals surface area contributed by atoms with E-state index in [1.54, 1.807) is 24.1 Å². The predicted octanol–water partition coefficient (Wildman–Crippen LogP) is 2.43. The molecule has 3 aromatic rings. The number of rotatable bonds is 6. The van der Waals surface area contributed by atoms with Gasteiger partial charge in [-0.25, -0.2) is 9.97 Å². The average Bonchev–Trinajstić information content (AvgIpc) is 2.87. The van der Waals surface area contributed by atoms with E-state index in [4.69, 9.17) is 10.4 Å². The molecule has 10 nitrogen and oxygen atoms in total. The first-order chi connectivity index (χ1) is 16.9. The molecule has 0 spiro atoms. The summed E-state index contributed by atoms with van der Waals surface area (Å²) in [5.74, 6) is 0.145. The Balaban J connectivity index is 1.67. The smallest absolute Gasteiger partial charge is 0.269 e. The molecule has 0 saturated heterocycles. The van der Waals surface area contributed by atoms with Gasteiger partial charge in [0, 0.05) is 37.0 Å². The van der Waals surface area contributed by atoms with Gasteiger partial charge in [-0.3, -0.25) is 14.6 Å². The first kappa shape index (κ1) is 23.8. The lowest BCUT2D eigenvalue weighted by Gasteiger charge is -2.39. The molecule has 2 aromatic heterocycles. The molecule has 0 fully saturated rings. The molecule has 1 aliphatic heterocycles. The fourth-order valence-electron chi connectivity index (χ4n) is 4.26. The fraction of sp³-hybridized carbons (Fsp3) is 0.280. The SMILES string of the molecule is CC(=O)N1c2ccc(-c3ccc(C(=O)NCCO)nc3)cc2C(Nc2cnc(C#N)cn2)CC1C. The first-order valence-electron chi connectivity index (χ1n) is 11.2. The monoisotopic (exact) mass is 471 g/mol. The van der Waals surface area contributed by atoms with E-state index in [2.05, 4.69) is 25.6 Å². The van der Waals surface area contributed by atoms with E-state index in [0.29, 0.717) is 12.2 Å². The number of pyridine rings is 1. The van der Waals surface area contributed by atoms with E-state index in [9.17, 15) is 9.59 Å². The maximum absolute atomic E-state index is 12.4. The van der Waals surface area contributed by atoms with E-state index >= 15 is 0 Å². The van der Waals surface area contributed by atoms with Gasteiger partial charge in [0.2, 0.25) is 5.91 Å². The van der Waals surface area contributed by atoms with Crippen LogP contribution in [0.1, 0.15) is 48.1 Å². The van der Waals surface area contributed by atoms with Crippen molar-refractivity contribution in [3.63, 3.8) is 0 Å². The Morgan fingerprint density at radius 2 is 1.94 bits per heavy atom. The van der Waals surface area contributed by atoms with Crippen molar-refractivity contribution < 1.29 is 14.7 Å². The van der Waals surface area contributed by atoms with Crippen molar-refractivity contribution in [2.24, 2.45) is 0 Å². The van der Waals surface area contributed by atoms with Crippen LogP contribution in [0, 0.1) is 11.3 Å². The number of hydrogen-bond donors (Lipinski definition) is 3. The number of nitrogens with one attached hydrogen (secondary N) is 2. The van der Waals surface area contributed by atoms with E-state index in [1.165, 1.54) is 12.4 Å². The zero-order valence-electron chi connectivity index (χ0n) is 19.4. The van der Waals surface area contributed by atoms with Crippen LogP contribution >= 0.6 is 0 Å². The predicted molar refractivity (Wildman–Crippen MR) is 129 cm³/mol. The molecule has 2 atom stereocenters. The van der Waals surface area contributed by atoms with Gasteiger partial charge in [0.15, 0.2) is 5.69 Å². The molecule has 0 aliphatic carbocycles. The van der Waals surface area contributed by atoms with Gasteiger partial charge in [0.25, 0.3) is 5.91 Å². The van der Waals surface area contributed by atoms with Crippen molar-refractivity contribution in [2.75, 3.05) is 23.4 Å². The third kappa shape index (κ3) is 5.10. The Hall–Kier alpha value is -4.36. The first-order valence-corrected chi connectivity index (χ1v) is 11.2. The Bertz CT molecular complexity index is 1270. The highest BCUT2D eigenvalue weighted by atomic mass is 16.3. The van der Waals surface area contributed by atoms with Gasteiger partial charge in [0.05, 0.1) is 25.0 Å². The lowest BCUT2D eigenvalue weighted by atomic mass is 9.89. The summed E-state index contributed by atoms with van der Waals surface area (Å²) < 4.78 is 0. The van der Waals surface area contributed by atoms with Crippen LogP contribution in [0.2, 0.25) is 0 Å². The van der Waals surface area contributed by atoms with Crippen molar-refractivity contribution in [2.45, 2.75) is 32.4 Å². The standard InChI is InChI=1S/C25H25N7O3/c1-15-9-22(31-24-14-28-19(11-26)13-30-24)20-10-17(4-6-23(20)32(15)16(2)34)18-3-5-21(29-12-18)25(35)27-7-8-33/h3-6,10,12-15,22,33H,7-9H2,1-2H3,(H,27,35)(H,30,31). The number of carbonyl (C=O) groups is 2. The third-order valence-corrected chi connectivity index (χ3v) is 5.83. The molecular formula is C25H25N7O3. The fourth-order valence-corrected chi connectivity index (χ4v) is 4.26. The maximum Gasteiger partial charge on any atom is 0.269 e. The number of nitrogens with zero attached hydrogens (tertiary/aromatic N) is 5. The number of aliphatic hydroxyl groups is 1. The summed E-state index contributed by atoms with van der Waals surface area (Å²) in [6, 6.07) is 11.1. The van der Waals surface area contributed by atoms with Crippen LogP contribution in [0.4, 0.5) is 11.5 Å². The molecule has 1 aliphatic rings. The Morgan fingerprint density at radius 3 is 2.57 bits per heavy atom. The lowest BCUT2D eigenvalue weighted by Crippen LogP contribution is -2.43. The number of nitriles is 1. The lowest BCUT2D eigenvalue weighted by molar-refractivity contribution is -0.117. The van der Waals surface area contributed by atoms with E-state index in [1.807, 2.05) is 37.3 Å². The summed E-state index contributed by atoms with van der Waals surface area (Å²) in [5.41, 5.74) is 3.93. The Labute approximate surface area is 202 Å². The summed E-state index contributed by atoms with van der Waals surface area (Å²) in [4.78, 5) is 38.9. The summed E-state index contributed by atoms with van der Waals surface area (Å²) in [7, 11) is 0. The number of aliphatic hydroxyl groups excluding tert-OH is 1. The largest absolute Gasteiger partial charge is 0.395 e. The number of carbonyl (C=O) groups excluding carboxylic acids is 2. The Morgan fingerprint density at radius 1 is 1.14 bits per heavy atom. The molecular weight excluding hydrogens is 446 g/mol. The second kappa shape index (κ2) is 10.3. The van der Waals surface area contributed by atoms with Gasteiger partial charge < -0.3 is 20.6 Å². The van der Waals surface area contributed by atoms with Crippen molar-refractivity contribution >= 4 is 23.3 Å². The zero-order chi connectivity index (χ0) is 24.9. The average molecular weight is 472 g/mol. The minimum absolute atomic E-state index is 0.0342. The van der Waals surface area contributed by atoms with E-state index < -0.39 is 0 Å². The number of fused-ring (bicyclic) bond motifs is 1. The number of benzene rings is 1. The molecule has 10 heteroatoms. The summed E-state index contributed by atoms with van der Waals surface area (Å²) in [5, 5.41) is 23.8. The summed E-state index contributed by atoms with van der Waals surface area (Å²) >= 11 is 0. The van der Waals surface area contributed by atoms with Gasteiger partial charge in [-0.15, -0.1) is 0 Å². The van der Waals surface area contributed by atoms with Crippen LogP contribution in [0.3, 0.4) is 0 Å². The molecule has 2 unspecified atom stereocenters. The topological polar surface area (TPSA) is 144 Å². The van der Waals surface area contributed by atoms with Crippen LogP contribution in [-0.2, 0) is 4.79 Å². The maximum atomic E-state index is 12.4. The van der Waals surface area contributed by atoms with Gasteiger partial charge >= 0.3 is 0 Å². The molecule has 178 valence electrons. The number of amides is 2. The summed E-state index contributed by atoms with van der Waals surface area (Å²) in [6.07, 6.45) is 5.21. The van der Waals surface area contributed by atoms with Crippen LogP contribution in [0.15, 0.2) is 48.9 Å². The molecule has 0 bridgehead atoms. The van der Waals surface area contributed by atoms with Gasteiger partial charge in [-0.05, 0) is 42.7 Å². The molecule has 0 radical (unpaired) electrons.